The van der Waals surface area contributed by atoms with Gasteiger partial charge >= 0.3 is 18.2 Å². The molecule has 3 fully saturated rings. The van der Waals surface area contributed by atoms with E-state index in [9.17, 15) is 68.1 Å². The van der Waals surface area contributed by atoms with Gasteiger partial charge in [0.25, 0.3) is 11.8 Å². The second kappa shape index (κ2) is 31.4. The Labute approximate surface area is 558 Å². The maximum absolute atomic E-state index is 14.3. The Morgan fingerprint density at radius 3 is 2.19 bits per heavy atom. The molecule has 4 heterocycles. The fourth-order valence-corrected chi connectivity index (χ4v) is 12.8. The zero-order valence-electron chi connectivity index (χ0n) is 55.0. The summed E-state index contributed by atoms with van der Waals surface area (Å²) in [6, 6.07) is 7.37. The van der Waals surface area contributed by atoms with Gasteiger partial charge in [-0.15, -0.1) is 0 Å². The number of primary amides is 1. The van der Waals surface area contributed by atoms with Crippen molar-refractivity contribution in [2.24, 2.45) is 11.7 Å². The molecule has 0 bridgehead atoms. The van der Waals surface area contributed by atoms with Crippen LogP contribution in [-0.4, -0.2) is 229 Å². The number of aliphatic hydroxyl groups is 1. The van der Waals surface area contributed by atoms with E-state index < -0.39 is 150 Å². The molecule has 9 N–H and O–H groups in total. The van der Waals surface area contributed by atoms with Crippen molar-refractivity contribution >= 4 is 70.8 Å². The molecule has 3 saturated heterocycles. The summed E-state index contributed by atoms with van der Waals surface area (Å²) in [7, 11) is 5.57. The van der Waals surface area contributed by atoms with Crippen LogP contribution in [0.5, 0.6) is 17.2 Å². The van der Waals surface area contributed by atoms with Gasteiger partial charge in [-0.25, -0.2) is 14.4 Å². The number of aromatic hydroxyl groups is 2. The van der Waals surface area contributed by atoms with Crippen LogP contribution in [0, 0.1) is 5.92 Å². The lowest BCUT2D eigenvalue weighted by Crippen LogP contribution is -2.55. The molecule has 0 aromatic heterocycles. The average molecular weight is 1350 g/mol. The van der Waals surface area contributed by atoms with Crippen LogP contribution in [0.4, 0.5) is 20.1 Å². The second-order valence-electron chi connectivity index (χ2n) is 25.0. The van der Waals surface area contributed by atoms with E-state index in [0.717, 1.165) is 9.80 Å². The van der Waals surface area contributed by atoms with E-state index in [2.05, 4.69) is 26.2 Å². The molecule has 0 saturated carbocycles. The Morgan fingerprint density at radius 2 is 1.52 bits per heavy atom. The van der Waals surface area contributed by atoms with Crippen molar-refractivity contribution in [2.75, 3.05) is 79.6 Å². The number of fused-ring (bicyclic) bond motifs is 6. The number of morpholine rings is 1. The molecule has 31 heteroatoms. The number of phenols is 2. The zero-order valence-corrected chi connectivity index (χ0v) is 55.0. The van der Waals surface area contributed by atoms with Gasteiger partial charge in [0.05, 0.1) is 42.6 Å². The molecule has 524 valence electrons. The number of imide groups is 1. The minimum atomic E-state index is -2.49. The van der Waals surface area contributed by atoms with E-state index in [1.54, 1.807) is 45.0 Å². The number of methoxy groups -OCH3 is 2. The third-order valence-corrected chi connectivity index (χ3v) is 18.1. The number of benzene rings is 3. The monoisotopic (exact) mass is 1350 g/mol. The summed E-state index contributed by atoms with van der Waals surface area (Å²) >= 11 is 0. The molecule has 97 heavy (non-hydrogen) atoms. The van der Waals surface area contributed by atoms with Crippen LogP contribution in [-0.2, 0) is 75.0 Å². The van der Waals surface area contributed by atoms with Crippen LogP contribution in [0.2, 0.25) is 0 Å². The number of amides is 9. The maximum Gasteiger partial charge on any atom is 0.409 e. The van der Waals surface area contributed by atoms with Crippen molar-refractivity contribution in [1.82, 2.24) is 35.6 Å². The maximum atomic E-state index is 14.3. The molecule has 3 aromatic carbocycles. The van der Waals surface area contributed by atoms with Crippen LogP contribution in [0.1, 0.15) is 127 Å². The molecule has 4 aliphatic heterocycles. The van der Waals surface area contributed by atoms with E-state index in [-0.39, 0.29) is 110 Å². The number of carbonyl (C=O) groups is 11. The van der Waals surface area contributed by atoms with E-state index in [1.165, 1.54) is 63.6 Å². The highest BCUT2D eigenvalue weighted by molar-refractivity contribution is 6.31. The summed E-state index contributed by atoms with van der Waals surface area (Å²) in [5.74, 6) is -6.96. The van der Waals surface area contributed by atoms with E-state index in [1.807, 2.05) is 0 Å². The number of nitrogens with two attached hydrogens (primary N) is 1. The van der Waals surface area contributed by atoms with Crippen molar-refractivity contribution in [3.8, 4) is 17.2 Å². The number of rotatable bonds is 28. The van der Waals surface area contributed by atoms with Gasteiger partial charge in [0.1, 0.15) is 47.6 Å². The molecule has 9 amide bonds. The first-order valence-corrected chi connectivity index (χ1v) is 32.0. The SMILES string of the molecule is COc1cccc2c1C(=O)c1c(O)c3c(c(O)c1C2=O)C[C@@](O)(C(=O)COC(=O)N(C)CCN(C)C(=O)OCc1ccc(NC(=O)[C@H](CCCNC(N)=O)NC(=O)[C@@H](NC(=O)CCCCCN2C(=O)C=CC2=O)C(C)C)cc1)C[C@@H]3O[C@H]1C[C@H]2[C@H](O[C@@H]3[C@@H](OC)OCCN32)[C@H](C)O1. The number of phenolic OH excluding ortho intramolecular Hbond substituents is 2. The van der Waals surface area contributed by atoms with E-state index in [0.29, 0.717) is 43.7 Å². The molecule has 9 rings (SSSR count). The second-order valence-corrected chi connectivity index (χ2v) is 25.0. The third-order valence-electron chi connectivity index (χ3n) is 18.1. The number of nitrogens with zero attached hydrogens (tertiary/aromatic N) is 4. The number of hydrogen-bond acceptors (Lipinski definition) is 23. The topological polar surface area (TPSA) is 409 Å². The Hall–Kier alpha value is -9.11. The summed E-state index contributed by atoms with van der Waals surface area (Å²) in [5.41, 5.74) is 1.77. The molecular formula is C66H83N9O22. The minimum absolute atomic E-state index is 0.0440. The van der Waals surface area contributed by atoms with E-state index in [4.69, 9.17) is 43.6 Å². The molecule has 0 spiro atoms. The van der Waals surface area contributed by atoms with Crippen molar-refractivity contribution in [3.63, 3.8) is 0 Å². The van der Waals surface area contributed by atoms with Gasteiger partial charge in [-0.05, 0) is 62.3 Å². The van der Waals surface area contributed by atoms with Gasteiger partial charge in [-0.3, -0.25) is 48.2 Å². The summed E-state index contributed by atoms with van der Waals surface area (Å²) < 4.78 is 46.9. The Bertz CT molecular complexity index is 3550. The zero-order chi connectivity index (χ0) is 70.2. The highest BCUT2D eigenvalue weighted by Gasteiger charge is 2.55. The quantitative estimate of drug-likeness (QED) is 0.0230. The molecule has 31 nitrogen and oxygen atoms in total. The number of Topliss-reactive ketones (excluding diaryl/α,β-unsaturated/α-hetero) is 1. The van der Waals surface area contributed by atoms with Crippen LogP contribution in [0.25, 0.3) is 0 Å². The summed E-state index contributed by atoms with van der Waals surface area (Å²) in [6.45, 7) is 4.96. The minimum Gasteiger partial charge on any atom is -0.507 e. The molecule has 10 atom stereocenters. The van der Waals surface area contributed by atoms with Crippen LogP contribution >= 0.6 is 0 Å². The average Bonchev–Trinajstić information content (AvgIpc) is 1.30. The highest BCUT2D eigenvalue weighted by atomic mass is 16.7. The van der Waals surface area contributed by atoms with Gasteiger partial charge in [0.15, 0.2) is 31.2 Å². The molecule has 0 radical (unpaired) electrons. The van der Waals surface area contributed by atoms with Gasteiger partial charge in [-0.2, -0.15) is 0 Å². The largest absolute Gasteiger partial charge is 0.507 e. The molecule has 3 aromatic rings. The standard InChI is InChI=1S/C66H83N9O22/c1-34(2)53(71-45(77)16-9-8-10-24-75-46(78)21-22-47(75)79)60(85)70-40(14-12-23-68-63(67)86)59(84)69-37-19-17-36(18-20-37)32-93-64(87)72(4)25-26-73(5)65(88)94-33-44(76)66(89)30-39-50(57(83)52-51(55(39)81)54(80)38-13-11-15-42(90-6)49(38)56(52)82)43(31-66)96-48-29-41-58(35(3)95-48)97-61-62(91-7)92-28-27-74(41)61/h11,13,15,17-22,34-35,40-41,43,48,53,58,61-62,81,83,89H,8-10,12,14,16,23-33H2,1-7H3,(H,69,84)(H,70,85)(H,71,77)(H3,67,68,86)/t35-,40-,41-,43-,48-,53-,58+,61+,62-,66-/m0/s1. The first-order chi connectivity index (χ1) is 46.2. The number of carbonyl (C=O) groups excluding carboxylic acids is 11. The molecule has 2 aliphatic carbocycles. The Morgan fingerprint density at radius 1 is 0.825 bits per heavy atom. The number of anilines is 1. The Balaban J connectivity index is 0.774. The summed E-state index contributed by atoms with van der Waals surface area (Å²) in [6.07, 6.45) is -3.56. The lowest BCUT2D eigenvalue weighted by Gasteiger charge is -2.43. The summed E-state index contributed by atoms with van der Waals surface area (Å²) in [4.78, 5) is 150. The lowest BCUT2D eigenvalue weighted by molar-refractivity contribution is -0.256. The van der Waals surface area contributed by atoms with Crippen LogP contribution in [0.15, 0.2) is 54.6 Å². The number of nitrogens with one attached hydrogen (secondary N) is 4. The van der Waals surface area contributed by atoms with Gasteiger partial charge < -0.3 is 90.0 Å². The van der Waals surface area contributed by atoms with Crippen LogP contribution < -0.4 is 31.7 Å². The van der Waals surface area contributed by atoms with Gasteiger partial charge in [-0.1, -0.05) is 44.5 Å². The number of unbranched alkanes of at least 4 members (excludes halogenated alkanes) is 2. The fraction of sp³-hybridized carbons (Fsp3) is 0.530. The highest BCUT2D eigenvalue weighted by Crippen LogP contribution is 2.53. The van der Waals surface area contributed by atoms with Crippen LogP contribution in [0.3, 0.4) is 0 Å². The molecule has 0 unspecified atom stereocenters. The van der Waals surface area contributed by atoms with E-state index >= 15 is 0 Å². The fourth-order valence-electron chi connectivity index (χ4n) is 12.8. The first kappa shape index (κ1) is 72.2. The first-order valence-electron chi connectivity index (χ1n) is 32.0. The van der Waals surface area contributed by atoms with Crippen molar-refractivity contribution < 1.29 is 106 Å². The number of urea groups is 1. The van der Waals surface area contributed by atoms with Crippen molar-refractivity contribution in [2.45, 2.75) is 146 Å². The third kappa shape index (κ3) is 16.3. The number of likely N-dealkylation sites (N-methyl/N-ethyl adjacent to an activating group) is 2. The summed E-state index contributed by atoms with van der Waals surface area (Å²) in [5, 5.41) is 47.4. The predicted octanol–water partition coefficient (Wildman–Crippen LogP) is 2.55. The number of ether oxygens (including phenoxy) is 8. The normalized spacial score (nSPS) is 23.0. The number of ketones is 3. The lowest BCUT2D eigenvalue weighted by atomic mass is 9.72. The Kier molecular flexibility index (Phi) is 23.4. The molecular weight excluding hydrogens is 1270 g/mol. The van der Waals surface area contributed by atoms with Crippen molar-refractivity contribution in [1.29, 1.82) is 0 Å². The van der Waals surface area contributed by atoms with Crippen molar-refractivity contribution in [3.05, 3.63) is 93.6 Å². The van der Waals surface area contributed by atoms with Gasteiger partial charge in [0, 0.05) is 120 Å². The smallest absolute Gasteiger partial charge is 0.409 e. The molecule has 6 aliphatic rings. The van der Waals surface area contributed by atoms with Gasteiger partial charge in [0.2, 0.25) is 29.3 Å². The number of hydrogen-bond donors (Lipinski definition) is 8. The predicted molar refractivity (Wildman–Crippen MR) is 338 cm³/mol.